The Morgan fingerprint density at radius 2 is 1.92 bits per heavy atom. The van der Waals surface area contributed by atoms with Crippen molar-refractivity contribution in [2.45, 2.75) is 31.8 Å². The molecule has 2 aromatic carbocycles. The summed E-state index contributed by atoms with van der Waals surface area (Å²) in [6, 6.07) is 20.7. The minimum atomic E-state index is -2.18. The monoisotopic (exact) mass is 530 g/mol. The SMILES string of the molecule is Cc1cc([C@@H](NS(=O)O)c2ccccc2)ccc1Oc1ncccc1-c1ccnc(N[C@H]2CCCNC2)n1. The molecule has 1 fully saturated rings. The van der Waals surface area contributed by atoms with Gasteiger partial charge in [-0.3, -0.25) is 4.55 Å². The van der Waals surface area contributed by atoms with Gasteiger partial charge in [-0.05, 0) is 67.3 Å². The lowest BCUT2D eigenvalue weighted by molar-refractivity contribution is 0.461. The Balaban J connectivity index is 1.39. The van der Waals surface area contributed by atoms with E-state index in [4.69, 9.17) is 9.72 Å². The first-order chi connectivity index (χ1) is 18.6. The summed E-state index contributed by atoms with van der Waals surface area (Å²) in [6.07, 6.45) is 5.62. The summed E-state index contributed by atoms with van der Waals surface area (Å²) in [6.45, 7) is 3.86. The third kappa shape index (κ3) is 6.40. The van der Waals surface area contributed by atoms with Gasteiger partial charge in [0, 0.05) is 25.0 Å². The van der Waals surface area contributed by atoms with E-state index >= 15 is 0 Å². The van der Waals surface area contributed by atoms with Crippen molar-refractivity contribution in [3.05, 3.63) is 95.8 Å². The summed E-state index contributed by atoms with van der Waals surface area (Å²) < 4.78 is 30.1. The Labute approximate surface area is 224 Å². The maximum atomic E-state index is 11.6. The fraction of sp³-hybridized carbons (Fsp3) is 0.250. The molecule has 0 bridgehead atoms. The maximum absolute atomic E-state index is 11.6. The smallest absolute Gasteiger partial charge is 0.232 e. The van der Waals surface area contributed by atoms with Gasteiger partial charge in [-0.2, -0.15) is 0 Å². The number of aryl methyl sites for hydroxylation is 1. The van der Waals surface area contributed by atoms with E-state index in [1.165, 1.54) is 0 Å². The van der Waals surface area contributed by atoms with Crippen LogP contribution in [0.3, 0.4) is 0 Å². The number of hydrogen-bond acceptors (Lipinski definition) is 7. The minimum Gasteiger partial charge on any atom is -0.438 e. The molecule has 4 N–H and O–H groups in total. The van der Waals surface area contributed by atoms with E-state index < -0.39 is 17.3 Å². The first-order valence-electron chi connectivity index (χ1n) is 12.5. The zero-order valence-corrected chi connectivity index (χ0v) is 21.8. The van der Waals surface area contributed by atoms with Crippen molar-refractivity contribution in [2.75, 3.05) is 18.4 Å². The van der Waals surface area contributed by atoms with E-state index in [9.17, 15) is 8.76 Å². The van der Waals surface area contributed by atoms with E-state index in [1.54, 1.807) is 12.4 Å². The standard InChI is InChI=1S/C28H30N6O3S/c1-19-17-21(26(34-38(35)36)20-7-3-2-4-8-20)11-12-25(19)37-27-23(10-6-15-30-27)24-13-16-31-28(33-24)32-22-9-5-14-29-18-22/h2-4,6-8,10-13,15-17,22,26,29,34H,5,9,14,18H2,1H3,(H,35,36)(H,31,32,33)/t22-,26-/m0/s1. The second-order valence-corrected chi connectivity index (χ2v) is 9.88. The number of benzene rings is 2. The largest absolute Gasteiger partial charge is 0.438 e. The van der Waals surface area contributed by atoms with E-state index in [2.05, 4.69) is 25.3 Å². The zero-order chi connectivity index (χ0) is 26.3. The molecular weight excluding hydrogens is 500 g/mol. The van der Waals surface area contributed by atoms with Crippen molar-refractivity contribution >= 4 is 17.2 Å². The Morgan fingerprint density at radius 3 is 2.68 bits per heavy atom. The molecule has 1 saturated heterocycles. The highest BCUT2D eigenvalue weighted by molar-refractivity contribution is 7.77. The van der Waals surface area contributed by atoms with Gasteiger partial charge in [0.15, 0.2) is 0 Å². The van der Waals surface area contributed by atoms with Gasteiger partial charge in [-0.1, -0.05) is 42.5 Å². The molecule has 1 unspecified atom stereocenters. The Kier molecular flexibility index (Phi) is 8.34. The number of nitrogens with zero attached hydrogens (tertiary/aromatic N) is 3. The fourth-order valence-electron chi connectivity index (χ4n) is 4.55. The molecule has 0 aliphatic carbocycles. The first kappa shape index (κ1) is 25.9. The highest BCUT2D eigenvalue weighted by Gasteiger charge is 2.19. The second-order valence-electron chi connectivity index (χ2n) is 9.15. The molecule has 5 rings (SSSR count). The Hall–Kier alpha value is -3.70. The van der Waals surface area contributed by atoms with Crippen molar-refractivity contribution < 1.29 is 13.5 Å². The number of pyridine rings is 1. The molecule has 196 valence electrons. The number of ether oxygens (including phenoxy) is 1. The number of piperidine rings is 1. The van der Waals surface area contributed by atoms with Crippen molar-refractivity contribution in [3.63, 3.8) is 0 Å². The van der Waals surface area contributed by atoms with Crippen LogP contribution in [0.15, 0.2) is 79.1 Å². The molecule has 4 aromatic rings. The molecule has 0 amide bonds. The molecule has 38 heavy (non-hydrogen) atoms. The predicted octanol–water partition coefficient (Wildman–Crippen LogP) is 4.62. The highest BCUT2D eigenvalue weighted by atomic mass is 32.2. The molecule has 9 nitrogen and oxygen atoms in total. The first-order valence-corrected chi connectivity index (χ1v) is 13.6. The highest BCUT2D eigenvalue weighted by Crippen LogP contribution is 2.34. The number of nitrogens with one attached hydrogen (secondary N) is 3. The molecular formula is C28H30N6O3S. The van der Waals surface area contributed by atoms with Gasteiger partial charge in [-0.15, -0.1) is 0 Å². The summed E-state index contributed by atoms with van der Waals surface area (Å²) >= 11 is -2.18. The van der Waals surface area contributed by atoms with Gasteiger partial charge in [0.05, 0.1) is 17.3 Å². The van der Waals surface area contributed by atoms with Crippen LogP contribution in [0.25, 0.3) is 11.3 Å². The van der Waals surface area contributed by atoms with E-state index in [1.807, 2.05) is 73.7 Å². The van der Waals surface area contributed by atoms with Crippen LogP contribution < -0.4 is 20.1 Å². The summed E-state index contributed by atoms with van der Waals surface area (Å²) in [4.78, 5) is 13.6. The van der Waals surface area contributed by atoms with Crippen LogP contribution in [0.4, 0.5) is 5.95 Å². The van der Waals surface area contributed by atoms with Crippen LogP contribution in [0.5, 0.6) is 11.6 Å². The molecule has 1 aliphatic rings. The zero-order valence-electron chi connectivity index (χ0n) is 21.0. The molecule has 2 aromatic heterocycles. The lowest BCUT2D eigenvalue weighted by Gasteiger charge is -2.23. The normalized spacial score (nSPS) is 16.9. The molecule has 3 atom stereocenters. The molecule has 0 radical (unpaired) electrons. The number of anilines is 1. The Bertz CT molecular complexity index is 1400. The predicted molar refractivity (Wildman–Crippen MR) is 148 cm³/mol. The molecule has 0 spiro atoms. The van der Waals surface area contributed by atoms with Gasteiger partial charge in [0.1, 0.15) is 5.75 Å². The van der Waals surface area contributed by atoms with Crippen LogP contribution in [-0.2, 0) is 11.3 Å². The van der Waals surface area contributed by atoms with Crippen LogP contribution in [-0.4, -0.2) is 42.8 Å². The summed E-state index contributed by atoms with van der Waals surface area (Å²) in [5, 5.41) is 6.81. The van der Waals surface area contributed by atoms with Crippen LogP contribution in [0, 0.1) is 6.92 Å². The lowest BCUT2D eigenvalue weighted by atomic mass is 9.98. The summed E-state index contributed by atoms with van der Waals surface area (Å²) in [5.41, 5.74) is 4.05. The van der Waals surface area contributed by atoms with Crippen molar-refractivity contribution in [3.8, 4) is 22.9 Å². The molecule has 0 saturated carbocycles. The number of hydrogen-bond donors (Lipinski definition) is 4. The number of rotatable bonds is 9. The topological polar surface area (TPSA) is 121 Å². The van der Waals surface area contributed by atoms with Crippen LogP contribution in [0.1, 0.15) is 35.6 Å². The number of aromatic nitrogens is 3. The van der Waals surface area contributed by atoms with Gasteiger partial charge < -0.3 is 15.4 Å². The van der Waals surface area contributed by atoms with Crippen molar-refractivity contribution in [1.29, 1.82) is 0 Å². The lowest BCUT2D eigenvalue weighted by Crippen LogP contribution is -2.38. The van der Waals surface area contributed by atoms with Crippen LogP contribution >= 0.6 is 0 Å². The Morgan fingerprint density at radius 1 is 1.05 bits per heavy atom. The third-order valence-corrected chi connectivity index (χ3v) is 6.86. The van der Waals surface area contributed by atoms with Crippen molar-refractivity contribution in [1.82, 2.24) is 25.0 Å². The quantitative estimate of drug-likeness (QED) is 0.231. The van der Waals surface area contributed by atoms with E-state index in [-0.39, 0.29) is 0 Å². The van der Waals surface area contributed by atoms with Gasteiger partial charge >= 0.3 is 0 Å². The van der Waals surface area contributed by atoms with E-state index in [0.717, 1.165) is 48.2 Å². The van der Waals surface area contributed by atoms with Gasteiger partial charge in [0.25, 0.3) is 0 Å². The average molecular weight is 531 g/mol. The molecule has 10 heteroatoms. The maximum Gasteiger partial charge on any atom is 0.232 e. The summed E-state index contributed by atoms with van der Waals surface area (Å²) in [5.74, 6) is 1.64. The van der Waals surface area contributed by atoms with Gasteiger partial charge in [-0.25, -0.2) is 23.9 Å². The van der Waals surface area contributed by atoms with Crippen LogP contribution in [0.2, 0.25) is 0 Å². The fourth-order valence-corrected chi connectivity index (χ4v) is 5.02. The van der Waals surface area contributed by atoms with E-state index in [0.29, 0.717) is 29.3 Å². The van der Waals surface area contributed by atoms with Gasteiger partial charge in [0.2, 0.25) is 23.1 Å². The second kappa shape index (κ2) is 12.2. The third-order valence-electron chi connectivity index (χ3n) is 6.42. The minimum absolute atomic E-state index is 0.294. The molecule has 3 heterocycles. The average Bonchev–Trinajstić information content (AvgIpc) is 2.94. The van der Waals surface area contributed by atoms with Crippen molar-refractivity contribution in [2.24, 2.45) is 0 Å². The summed E-state index contributed by atoms with van der Waals surface area (Å²) in [7, 11) is 0. The molecule has 1 aliphatic heterocycles.